The van der Waals surface area contributed by atoms with Crippen LogP contribution in [0, 0.1) is 0 Å². The molecule has 0 N–H and O–H groups in total. The molecule has 0 bridgehead atoms. The van der Waals surface area contributed by atoms with Crippen molar-refractivity contribution in [2.75, 3.05) is 0 Å². The van der Waals surface area contributed by atoms with Gasteiger partial charge in [0, 0.05) is 9.75 Å². The van der Waals surface area contributed by atoms with Crippen LogP contribution in [0.5, 0.6) is 0 Å². The first kappa shape index (κ1) is 41.7. The molecular formula is C42H68Br2S3. The summed E-state index contributed by atoms with van der Waals surface area (Å²) in [5.41, 5.74) is 3.23. The van der Waals surface area contributed by atoms with Gasteiger partial charge in [0.2, 0.25) is 0 Å². The van der Waals surface area contributed by atoms with Crippen molar-refractivity contribution in [3.63, 3.8) is 0 Å². The van der Waals surface area contributed by atoms with Gasteiger partial charge in [0.1, 0.15) is 0 Å². The Morgan fingerprint density at radius 2 is 0.766 bits per heavy atom. The normalized spacial score (nSPS) is 11.8. The minimum atomic E-state index is 1.23. The van der Waals surface area contributed by atoms with E-state index in [1.54, 1.807) is 25.4 Å². The zero-order valence-electron chi connectivity index (χ0n) is 30.3. The Bertz CT molecular complexity index is 1170. The van der Waals surface area contributed by atoms with Crippen LogP contribution in [-0.4, -0.2) is 0 Å². The number of halogens is 2. The molecule has 268 valence electrons. The number of aryl methyl sites for hydroxylation is 2. The number of hydrogen-bond acceptors (Lipinski definition) is 3. The Morgan fingerprint density at radius 3 is 1.15 bits per heavy atom. The van der Waals surface area contributed by atoms with Gasteiger partial charge in [0.25, 0.3) is 0 Å². The van der Waals surface area contributed by atoms with E-state index in [0.29, 0.717) is 0 Å². The predicted octanol–water partition coefficient (Wildman–Crippen LogP) is 18.3. The molecule has 3 heterocycles. The second-order valence-corrected chi connectivity index (χ2v) is 20.0. The molecule has 5 heteroatoms. The maximum atomic E-state index is 4.02. The van der Waals surface area contributed by atoms with Gasteiger partial charge in [-0.25, -0.2) is 0 Å². The van der Waals surface area contributed by atoms with Crippen LogP contribution in [-0.2, 0) is 12.8 Å². The average Bonchev–Trinajstić information content (AvgIpc) is 3.74. The number of rotatable bonds is 31. The summed E-state index contributed by atoms with van der Waals surface area (Å²) < 4.78 is 5.80. The van der Waals surface area contributed by atoms with Crippen molar-refractivity contribution in [2.45, 2.75) is 206 Å². The largest absolute Gasteiger partial charge is 0.133 e. The van der Waals surface area contributed by atoms with E-state index in [1.165, 1.54) is 205 Å². The van der Waals surface area contributed by atoms with Crippen LogP contribution in [0.15, 0.2) is 19.7 Å². The summed E-state index contributed by atoms with van der Waals surface area (Å²) in [7, 11) is 0. The third kappa shape index (κ3) is 16.9. The van der Waals surface area contributed by atoms with Crippen molar-refractivity contribution in [1.82, 2.24) is 0 Å². The summed E-state index contributed by atoms with van der Waals surface area (Å²) in [6.07, 6.45) is 42.4. The third-order valence-corrected chi connectivity index (χ3v) is 15.3. The van der Waals surface area contributed by atoms with Gasteiger partial charge in [-0.2, -0.15) is 0 Å². The van der Waals surface area contributed by atoms with Gasteiger partial charge in [-0.15, -0.1) is 34.0 Å². The van der Waals surface area contributed by atoms with Gasteiger partial charge >= 0.3 is 0 Å². The summed E-state index contributed by atoms with van der Waals surface area (Å²) >= 11 is 13.8. The fourth-order valence-corrected chi connectivity index (χ4v) is 12.4. The van der Waals surface area contributed by atoms with Gasteiger partial charge in [-0.05, 0) is 80.8 Å². The topological polar surface area (TPSA) is 0 Å². The van der Waals surface area contributed by atoms with Crippen molar-refractivity contribution < 1.29 is 0 Å². The molecule has 0 unspecified atom stereocenters. The highest BCUT2D eigenvalue weighted by atomic mass is 79.9. The SMILES string of the molecule is CCCCCCCCCCCCCCCCc1c(Br)sc2c(CCCCCCCCCCCCCCCC)c(-c3ccc(Br)s3)sc12. The van der Waals surface area contributed by atoms with Crippen LogP contribution < -0.4 is 0 Å². The molecule has 3 aromatic heterocycles. The lowest BCUT2D eigenvalue weighted by molar-refractivity contribution is 0.535. The smallest absolute Gasteiger partial charge is 0.0751 e. The Morgan fingerprint density at radius 1 is 0.404 bits per heavy atom. The fourth-order valence-electron chi connectivity index (χ4n) is 7.06. The molecule has 0 aliphatic carbocycles. The molecule has 0 spiro atoms. The van der Waals surface area contributed by atoms with E-state index in [9.17, 15) is 0 Å². The Balaban J connectivity index is 1.35. The van der Waals surface area contributed by atoms with Crippen LogP contribution in [0.25, 0.3) is 19.2 Å². The molecule has 0 saturated carbocycles. The van der Waals surface area contributed by atoms with Crippen LogP contribution in [0.4, 0.5) is 0 Å². The van der Waals surface area contributed by atoms with E-state index < -0.39 is 0 Å². The van der Waals surface area contributed by atoms with Crippen molar-refractivity contribution in [2.24, 2.45) is 0 Å². The molecule has 3 aromatic rings. The lowest BCUT2D eigenvalue weighted by Gasteiger charge is -2.05. The molecule has 0 fully saturated rings. The highest BCUT2D eigenvalue weighted by molar-refractivity contribution is 9.11. The monoisotopic (exact) mass is 826 g/mol. The molecule has 0 aromatic carbocycles. The van der Waals surface area contributed by atoms with Crippen LogP contribution in [0.3, 0.4) is 0 Å². The molecule has 47 heavy (non-hydrogen) atoms. The van der Waals surface area contributed by atoms with Crippen LogP contribution in [0.1, 0.15) is 205 Å². The lowest BCUT2D eigenvalue weighted by Crippen LogP contribution is -1.87. The Hall–Kier alpha value is 0.320. The van der Waals surface area contributed by atoms with Crippen molar-refractivity contribution in [3.8, 4) is 9.75 Å². The zero-order valence-corrected chi connectivity index (χ0v) is 36.0. The van der Waals surface area contributed by atoms with Crippen molar-refractivity contribution in [3.05, 3.63) is 30.8 Å². The summed E-state index contributed by atoms with van der Waals surface area (Å²) in [6.45, 7) is 4.62. The lowest BCUT2D eigenvalue weighted by atomic mass is 10.0. The van der Waals surface area contributed by atoms with E-state index in [0.717, 1.165) is 0 Å². The van der Waals surface area contributed by atoms with Crippen LogP contribution in [0.2, 0.25) is 0 Å². The maximum Gasteiger partial charge on any atom is 0.0751 e. The van der Waals surface area contributed by atoms with E-state index in [1.807, 2.05) is 22.7 Å². The molecule has 3 rings (SSSR count). The highest BCUT2D eigenvalue weighted by Crippen LogP contribution is 2.49. The first-order valence-corrected chi connectivity index (χ1v) is 24.2. The van der Waals surface area contributed by atoms with Gasteiger partial charge < -0.3 is 0 Å². The van der Waals surface area contributed by atoms with Gasteiger partial charge in [-0.1, -0.05) is 181 Å². The van der Waals surface area contributed by atoms with E-state index in [4.69, 9.17) is 0 Å². The van der Waals surface area contributed by atoms with E-state index in [2.05, 4.69) is 69.2 Å². The van der Waals surface area contributed by atoms with Gasteiger partial charge in [-0.3, -0.25) is 0 Å². The van der Waals surface area contributed by atoms with Gasteiger partial charge in [0.15, 0.2) is 0 Å². The minimum absolute atomic E-state index is 1.23. The molecular weight excluding hydrogens is 760 g/mol. The van der Waals surface area contributed by atoms with Crippen molar-refractivity contribution in [1.29, 1.82) is 0 Å². The molecule has 0 radical (unpaired) electrons. The molecule has 0 atom stereocenters. The van der Waals surface area contributed by atoms with E-state index in [-0.39, 0.29) is 0 Å². The standard InChI is InChI=1S/C42H68Br2S3/c1-3-5-7-9-11-13-15-17-19-21-23-25-27-29-31-35-39(37-33-34-38(43)45-37)46-41-36(42(44)47-40(35)41)32-30-28-26-24-22-20-18-16-14-12-10-8-6-4-2/h33-34H,3-32H2,1-2H3. The summed E-state index contributed by atoms with van der Waals surface area (Å²) in [5.74, 6) is 0. The summed E-state index contributed by atoms with van der Waals surface area (Å²) in [5, 5.41) is 0. The first-order chi connectivity index (χ1) is 23.2. The Kier molecular flexibility index (Phi) is 24.0. The Labute approximate surface area is 320 Å². The predicted molar refractivity (Wildman–Crippen MR) is 226 cm³/mol. The second kappa shape index (κ2) is 27.0. The first-order valence-electron chi connectivity index (χ1n) is 20.1. The number of thiophene rings is 3. The van der Waals surface area contributed by atoms with E-state index >= 15 is 0 Å². The molecule has 0 amide bonds. The fraction of sp³-hybridized carbons (Fsp3) is 0.762. The summed E-state index contributed by atoms with van der Waals surface area (Å²) in [4.78, 5) is 3.00. The van der Waals surface area contributed by atoms with Crippen molar-refractivity contribution >= 4 is 75.3 Å². The number of unbranched alkanes of at least 4 members (excludes halogenated alkanes) is 26. The maximum absolute atomic E-state index is 4.02. The zero-order chi connectivity index (χ0) is 33.4. The van der Waals surface area contributed by atoms with Crippen LogP contribution >= 0.6 is 65.9 Å². The second-order valence-electron chi connectivity index (χ2n) is 14.2. The van der Waals surface area contributed by atoms with Gasteiger partial charge in [0.05, 0.1) is 17.0 Å². The molecule has 0 saturated heterocycles. The highest BCUT2D eigenvalue weighted by Gasteiger charge is 2.21. The quantitative estimate of drug-likeness (QED) is 0.0567. The summed E-state index contributed by atoms with van der Waals surface area (Å²) in [6, 6.07) is 4.57. The molecule has 0 nitrogen and oxygen atoms in total. The number of fused-ring (bicyclic) bond motifs is 1. The molecule has 0 aliphatic rings. The third-order valence-electron chi connectivity index (χ3n) is 10.0. The molecule has 0 aliphatic heterocycles. The minimum Gasteiger partial charge on any atom is -0.133 e. The average molecular weight is 829 g/mol. The number of hydrogen-bond donors (Lipinski definition) is 0.